The highest BCUT2D eigenvalue weighted by atomic mass is 32.1. The summed E-state index contributed by atoms with van der Waals surface area (Å²) in [7, 11) is 0. The zero-order valence-corrected chi connectivity index (χ0v) is 21.2. The first-order valence-corrected chi connectivity index (χ1v) is 12.5. The lowest BCUT2D eigenvalue weighted by Gasteiger charge is -2.21. The number of amides is 2. The van der Waals surface area contributed by atoms with Crippen LogP contribution in [0.5, 0.6) is 16.7 Å². The molecule has 184 valence electrons. The van der Waals surface area contributed by atoms with Crippen molar-refractivity contribution < 1.29 is 23.6 Å². The van der Waals surface area contributed by atoms with Gasteiger partial charge in [-0.25, -0.2) is 4.98 Å². The first-order valence-electron chi connectivity index (χ1n) is 11.7. The number of ether oxygens (including phenoxy) is 2. The maximum Gasteiger partial charge on any atom is 0.279 e. The number of carbonyl (C=O) groups excluding carboxylic acids is 2. The van der Waals surface area contributed by atoms with Gasteiger partial charge in [-0.1, -0.05) is 35.5 Å². The van der Waals surface area contributed by atoms with Crippen molar-refractivity contribution in [3.63, 3.8) is 0 Å². The zero-order valence-electron chi connectivity index (χ0n) is 20.3. The Morgan fingerprint density at radius 1 is 0.972 bits per heavy atom. The highest BCUT2D eigenvalue weighted by Crippen LogP contribution is 2.39. The molecule has 0 aliphatic carbocycles. The second-order valence-corrected chi connectivity index (χ2v) is 9.65. The van der Waals surface area contributed by atoms with Crippen molar-refractivity contribution in [3.05, 3.63) is 77.2 Å². The molecule has 2 aromatic heterocycles. The largest absolute Gasteiger partial charge is 0.491 e. The molecule has 0 spiro atoms. The number of hydrogen-bond acceptors (Lipinski definition) is 8. The number of fused-ring (bicyclic) bond motifs is 1. The van der Waals surface area contributed by atoms with Gasteiger partial charge in [0.1, 0.15) is 17.2 Å². The highest BCUT2D eigenvalue weighted by molar-refractivity contribution is 7.16. The third-order valence-corrected chi connectivity index (χ3v) is 6.76. The van der Waals surface area contributed by atoms with E-state index in [0.29, 0.717) is 39.9 Å². The third kappa shape index (κ3) is 4.26. The Hall–Kier alpha value is -3.98. The summed E-state index contributed by atoms with van der Waals surface area (Å²) < 4.78 is 17.3. The first-order chi connectivity index (χ1) is 17.4. The van der Waals surface area contributed by atoms with Crippen molar-refractivity contribution in [3.8, 4) is 27.3 Å². The lowest BCUT2D eigenvalue weighted by atomic mass is 10.0. The Labute approximate surface area is 212 Å². The maximum absolute atomic E-state index is 13.0. The monoisotopic (exact) mass is 503 g/mol. The average molecular weight is 504 g/mol. The van der Waals surface area contributed by atoms with E-state index in [1.807, 2.05) is 45.0 Å². The van der Waals surface area contributed by atoms with Crippen LogP contribution >= 0.6 is 11.3 Å². The SMILES string of the molecule is CCc1c(-c2cnc(Oc3ccc(OC(C)C)cc3)s2)noc1C(C)N1C(=O)c2ccccc2C1=O. The lowest BCUT2D eigenvalue weighted by Crippen LogP contribution is -2.32. The van der Waals surface area contributed by atoms with Gasteiger partial charge < -0.3 is 14.0 Å². The van der Waals surface area contributed by atoms with E-state index < -0.39 is 6.04 Å². The second kappa shape index (κ2) is 9.58. The zero-order chi connectivity index (χ0) is 25.4. The van der Waals surface area contributed by atoms with Gasteiger partial charge in [0.05, 0.1) is 34.3 Å². The summed E-state index contributed by atoms with van der Waals surface area (Å²) >= 11 is 1.34. The second-order valence-electron chi connectivity index (χ2n) is 8.66. The van der Waals surface area contributed by atoms with Crippen molar-refractivity contribution >= 4 is 23.2 Å². The number of rotatable bonds is 8. The number of thiazole rings is 1. The van der Waals surface area contributed by atoms with Crippen molar-refractivity contribution in [2.45, 2.75) is 46.3 Å². The van der Waals surface area contributed by atoms with Crippen LogP contribution in [0, 0.1) is 0 Å². The van der Waals surface area contributed by atoms with Crippen LogP contribution in [0.3, 0.4) is 0 Å². The number of aromatic nitrogens is 2. The van der Waals surface area contributed by atoms with E-state index in [2.05, 4.69) is 10.1 Å². The van der Waals surface area contributed by atoms with Gasteiger partial charge in [-0.2, -0.15) is 0 Å². The number of benzene rings is 2. The molecule has 0 saturated carbocycles. The minimum Gasteiger partial charge on any atom is -0.491 e. The molecule has 2 amide bonds. The van der Waals surface area contributed by atoms with E-state index in [4.69, 9.17) is 14.0 Å². The van der Waals surface area contributed by atoms with E-state index in [0.717, 1.165) is 16.2 Å². The molecular formula is C27H25N3O5S. The van der Waals surface area contributed by atoms with Crippen LogP contribution in [-0.4, -0.2) is 33.0 Å². The van der Waals surface area contributed by atoms with Gasteiger partial charge in [0.2, 0.25) is 0 Å². The molecule has 1 aliphatic rings. The summed E-state index contributed by atoms with van der Waals surface area (Å²) in [5.74, 6) is 1.23. The Morgan fingerprint density at radius 2 is 1.61 bits per heavy atom. The van der Waals surface area contributed by atoms with Crippen molar-refractivity contribution in [1.29, 1.82) is 0 Å². The molecule has 0 bridgehead atoms. The quantitative estimate of drug-likeness (QED) is 0.261. The van der Waals surface area contributed by atoms with Gasteiger partial charge >= 0.3 is 0 Å². The lowest BCUT2D eigenvalue weighted by molar-refractivity contribution is 0.0572. The van der Waals surface area contributed by atoms with E-state index in [1.54, 1.807) is 37.4 Å². The fourth-order valence-electron chi connectivity index (χ4n) is 4.24. The summed E-state index contributed by atoms with van der Waals surface area (Å²) in [6, 6.07) is 13.6. The van der Waals surface area contributed by atoms with E-state index in [1.165, 1.54) is 16.2 Å². The Morgan fingerprint density at radius 3 is 2.22 bits per heavy atom. The Balaban J connectivity index is 1.37. The molecule has 1 atom stereocenters. The molecular weight excluding hydrogens is 478 g/mol. The summed E-state index contributed by atoms with van der Waals surface area (Å²) in [5, 5.41) is 4.74. The Bertz CT molecular complexity index is 1390. The summed E-state index contributed by atoms with van der Waals surface area (Å²) in [6.45, 7) is 7.71. The maximum atomic E-state index is 13.0. The first kappa shape index (κ1) is 23.7. The summed E-state index contributed by atoms with van der Waals surface area (Å²) in [5.41, 5.74) is 2.26. The molecule has 4 aromatic rings. The smallest absolute Gasteiger partial charge is 0.279 e. The predicted molar refractivity (Wildman–Crippen MR) is 135 cm³/mol. The Kier molecular flexibility index (Phi) is 6.32. The molecule has 0 radical (unpaired) electrons. The highest BCUT2D eigenvalue weighted by Gasteiger charge is 2.41. The van der Waals surface area contributed by atoms with Crippen LogP contribution in [-0.2, 0) is 6.42 Å². The van der Waals surface area contributed by atoms with Crippen LogP contribution in [0.2, 0.25) is 0 Å². The molecule has 0 fully saturated rings. The number of nitrogens with zero attached hydrogens (tertiary/aromatic N) is 3. The molecule has 8 nitrogen and oxygen atoms in total. The standard InChI is InChI=1S/C27H25N3O5S/c1-5-19-23(22-14-28-27(36-22)34-18-12-10-17(11-13-18)33-15(2)3)29-35-24(19)16(4)30-25(31)20-8-6-7-9-21(20)26(30)32/h6-16H,5H2,1-4H3. The minimum atomic E-state index is -0.608. The molecule has 36 heavy (non-hydrogen) atoms. The topological polar surface area (TPSA) is 94.8 Å². The van der Waals surface area contributed by atoms with Crippen LogP contribution < -0.4 is 9.47 Å². The van der Waals surface area contributed by atoms with Gasteiger partial charge in [-0.05, 0) is 63.6 Å². The molecule has 1 aliphatic heterocycles. The van der Waals surface area contributed by atoms with Gasteiger partial charge in [0.25, 0.3) is 17.0 Å². The van der Waals surface area contributed by atoms with E-state index in [-0.39, 0.29) is 17.9 Å². The summed E-state index contributed by atoms with van der Waals surface area (Å²) in [4.78, 5) is 32.3. The number of imide groups is 1. The molecule has 0 saturated heterocycles. The van der Waals surface area contributed by atoms with Gasteiger partial charge in [-0.3, -0.25) is 14.5 Å². The number of carbonyl (C=O) groups is 2. The average Bonchev–Trinajstić information content (AvgIpc) is 3.56. The van der Waals surface area contributed by atoms with Crippen LogP contribution in [0.25, 0.3) is 10.6 Å². The van der Waals surface area contributed by atoms with E-state index >= 15 is 0 Å². The van der Waals surface area contributed by atoms with Crippen molar-refractivity contribution in [2.75, 3.05) is 0 Å². The molecule has 5 rings (SSSR count). The van der Waals surface area contributed by atoms with Gasteiger partial charge in [-0.15, -0.1) is 0 Å². The van der Waals surface area contributed by atoms with Crippen molar-refractivity contribution in [2.24, 2.45) is 0 Å². The van der Waals surface area contributed by atoms with E-state index in [9.17, 15) is 9.59 Å². The normalized spacial score (nSPS) is 13.9. The molecule has 2 aromatic carbocycles. The van der Waals surface area contributed by atoms with Gasteiger partial charge in [0.15, 0.2) is 5.76 Å². The van der Waals surface area contributed by atoms with Crippen LogP contribution in [0.15, 0.2) is 59.3 Å². The molecule has 0 N–H and O–H groups in total. The molecule has 1 unspecified atom stereocenters. The van der Waals surface area contributed by atoms with Crippen molar-refractivity contribution in [1.82, 2.24) is 15.0 Å². The van der Waals surface area contributed by atoms with Crippen LogP contribution in [0.1, 0.15) is 65.8 Å². The minimum absolute atomic E-state index is 0.0955. The van der Waals surface area contributed by atoms with Gasteiger partial charge in [0, 0.05) is 5.56 Å². The van der Waals surface area contributed by atoms with Crippen LogP contribution in [0.4, 0.5) is 0 Å². The fraction of sp³-hybridized carbons (Fsp3) is 0.259. The molecule has 3 heterocycles. The summed E-state index contributed by atoms with van der Waals surface area (Å²) in [6.07, 6.45) is 2.38. The third-order valence-electron chi connectivity index (χ3n) is 5.88. The fourth-order valence-corrected chi connectivity index (χ4v) is 5.03. The predicted octanol–water partition coefficient (Wildman–Crippen LogP) is 6.30. The molecule has 9 heteroatoms. The number of hydrogen-bond donors (Lipinski definition) is 0.